The molecule has 1 aliphatic rings. The van der Waals surface area contributed by atoms with Crippen molar-refractivity contribution in [2.45, 2.75) is 13.5 Å². The zero-order chi connectivity index (χ0) is 14.7. The third-order valence-corrected chi connectivity index (χ3v) is 3.60. The summed E-state index contributed by atoms with van der Waals surface area (Å²) in [5.74, 6) is 0.668. The predicted molar refractivity (Wildman–Crippen MR) is 80.5 cm³/mol. The summed E-state index contributed by atoms with van der Waals surface area (Å²) in [6.45, 7) is 5.83. The second-order valence-electron chi connectivity index (χ2n) is 6.11. The molecular formula is C16H20N4O. The van der Waals surface area contributed by atoms with Crippen LogP contribution in [-0.2, 0) is 11.3 Å². The molecule has 110 valence electrons. The van der Waals surface area contributed by atoms with Crippen LogP contribution in [0, 0.1) is 5.41 Å². The molecule has 0 N–H and O–H groups in total. The summed E-state index contributed by atoms with van der Waals surface area (Å²) < 4.78 is 5.30. The normalized spacial score (nSPS) is 16.7. The number of aromatic nitrogens is 3. The molecule has 1 saturated heterocycles. The van der Waals surface area contributed by atoms with Crippen molar-refractivity contribution < 1.29 is 4.74 Å². The summed E-state index contributed by atoms with van der Waals surface area (Å²) in [5, 5.41) is 0. The van der Waals surface area contributed by atoms with Crippen molar-refractivity contribution in [1.82, 2.24) is 19.9 Å². The van der Waals surface area contributed by atoms with E-state index >= 15 is 0 Å². The van der Waals surface area contributed by atoms with E-state index in [4.69, 9.17) is 4.74 Å². The Kier molecular flexibility index (Phi) is 3.94. The van der Waals surface area contributed by atoms with Gasteiger partial charge >= 0.3 is 0 Å². The first-order chi connectivity index (χ1) is 10.1. The van der Waals surface area contributed by atoms with Gasteiger partial charge in [-0.3, -0.25) is 4.98 Å². The molecule has 21 heavy (non-hydrogen) atoms. The summed E-state index contributed by atoms with van der Waals surface area (Å²) in [5.41, 5.74) is 2.21. The highest BCUT2D eigenvalue weighted by Gasteiger charge is 2.34. The molecule has 0 atom stereocenters. The van der Waals surface area contributed by atoms with Crippen molar-refractivity contribution in [1.29, 1.82) is 0 Å². The van der Waals surface area contributed by atoms with Gasteiger partial charge in [-0.25, -0.2) is 9.97 Å². The van der Waals surface area contributed by atoms with Crippen LogP contribution in [0.15, 0.2) is 36.8 Å². The lowest BCUT2D eigenvalue weighted by Crippen LogP contribution is -2.47. The van der Waals surface area contributed by atoms with Gasteiger partial charge in [0.1, 0.15) is 5.69 Å². The highest BCUT2D eigenvalue weighted by molar-refractivity contribution is 5.47. The highest BCUT2D eigenvalue weighted by Crippen LogP contribution is 2.27. The third-order valence-electron chi connectivity index (χ3n) is 3.60. The highest BCUT2D eigenvalue weighted by atomic mass is 16.5. The van der Waals surface area contributed by atoms with E-state index in [2.05, 4.69) is 33.8 Å². The van der Waals surface area contributed by atoms with Gasteiger partial charge in [-0.05, 0) is 19.2 Å². The topological polar surface area (TPSA) is 51.1 Å². The van der Waals surface area contributed by atoms with E-state index < -0.39 is 0 Å². The molecule has 3 rings (SSSR count). The molecule has 0 unspecified atom stereocenters. The molecule has 1 fully saturated rings. The molecular weight excluding hydrogens is 264 g/mol. The van der Waals surface area contributed by atoms with Crippen LogP contribution in [0.25, 0.3) is 11.5 Å². The Balaban J connectivity index is 1.62. The Morgan fingerprint density at radius 2 is 1.95 bits per heavy atom. The number of hydrogen-bond acceptors (Lipinski definition) is 5. The fraction of sp³-hybridized carbons (Fsp3) is 0.438. The maximum atomic E-state index is 5.30. The summed E-state index contributed by atoms with van der Waals surface area (Å²) in [6, 6.07) is 5.74. The van der Waals surface area contributed by atoms with E-state index in [-0.39, 0.29) is 0 Å². The fourth-order valence-corrected chi connectivity index (χ4v) is 2.62. The van der Waals surface area contributed by atoms with Gasteiger partial charge in [0.25, 0.3) is 0 Å². The van der Waals surface area contributed by atoms with E-state index in [1.54, 1.807) is 6.20 Å². The molecule has 0 radical (unpaired) electrons. The third kappa shape index (κ3) is 3.43. The van der Waals surface area contributed by atoms with Gasteiger partial charge in [0.2, 0.25) is 0 Å². The minimum absolute atomic E-state index is 0.295. The van der Waals surface area contributed by atoms with Gasteiger partial charge in [0.05, 0.1) is 13.2 Å². The molecule has 5 nitrogen and oxygen atoms in total. The van der Waals surface area contributed by atoms with Crippen LogP contribution in [0.2, 0.25) is 0 Å². The number of ether oxygens (including phenoxy) is 1. The molecule has 0 amide bonds. The molecule has 0 saturated carbocycles. The van der Waals surface area contributed by atoms with Crippen LogP contribution in [0.4, 0.5) is 0 Å². The summed E-state index contributed by atoms with van der Waals surface area (Å²) in [6.07, 6.45) is 5.52. The quantitative estimate of drug-likeness (QED) is 0.840. The molecule has 1 aliphatic heterocycles. The lowest BCUT2D eigenvalue weighted by molar-refractivity contribution is -0.113. The molecule has 2 aromatic rings. The van der Waals surface area contributed by atoms with Gasteiger partial charge in [0.15, 0.2) is 5.82 Å². The van der Waals surface area contributed by atoms with E-state index in [0.29, 0.717) is 11.2 Å². The van der Waals surface area contributed by atoms with Gasteiger partial charge < -0.3 is 9.64 Å². The van der Waals surface area contributed by atoms with Crippen molar-refractivity contribution in [3.63, 3.8) is 0 Å². The average Bonchev–Trinajstić information content (AvgIpc) is 2.47. The maximum absolute atomic E-state index is 5.30. The van der Waals surface area contributed by atoms with Crippen LogP contribution in [0.3, 0.4) is 0 Å². The number of pyridine rings is 1. The summed E-state index contributed by atoms with van der Waals surface area (Å²) in [7, 11) is 2.12. The van der Waals surface area contributed by atoms with Crippen LogP contribution in [0.1, 0.15) is 12.5 Å². The Bertz CT molecular complexity index is 581. The first kappa shape index (κ1) is 14.1. The number of nitrogens with zero attached hydrogens (tertiary/aromatic N) is 4. The van der Waals surface area contributed by atoms with Gasteiger partial charge in [0, 0.05) is 42.7 Å². The molecule has 0 spiro atoms. The molecule has 5 heteroatoms. The van der Waals surface area contributed by atoms with Crippen LogP contribution < -0.4 is 0 Å². The Morgan fingerprint density at radius 3 is 2.52 bits per heavy atom. The van der Waals surface area contributed by atoms with E-state index in [0.717, 1.165) is 37.6 Å². The van der Waals surface area contributed by atoms with Crippen molar-refractivity contribution >= 4 is 0 Å². The number of rotatable bonds is 5. The molecule has 0 aromatic carbocycles. The molecule has 2 aromatic heterocycles. The van der Waals surface area contributed by atoms with Gasteiger partial charge in [-0.2, -0.15) is 0 Å². The fourth-order valence-electron chi connectivity index (χ4n) is 2.62. The lowest BCUT2D eigenvalue weighted by atomic mass is 9.88. The predicted octanol–water partition coefficient (Wildman–Crippen LogP) is 2.01. The number of hydrogen-bond donors (Lipinski definition) is 0. The second-order valence-corrected chi connectivity index (χ2v) is 6.11. The van der Waals surface area contributed by atoms with Crippen molar-refractivity contribution in [2.75, 3.05) is 26.8 Å². The summed E-state index contributed by atoms with van der Waals surface area (Å²) >= 11 is 0. The Morgan fingerprint density at radius 1 is 1.19 bits per heavy atom. The van der Waals surface area contributed by atoms with E-state index in [1.165, 1.54) is 0 Å². The zero-order valence-corrected chi connectivity index (χ0v) is 12.5. The smallest absolute Gasteiger partial charge is 0.178 e. The van der Waals surface area contributed by atoms with Crippen molar-refractivity contribution in [2.24, 2.45) is 5.41 Å². The Labute approximate surface area is 125 Å². The largest absolute Gasteiger partial charge is 0.380 e. The SMILES string of the molecule is CN(Cc1cnc(-c2ccccn2)nc1)CC1(C)COC1. The second kappa shape index (κ2) is 5.87. The van der Waals surface area contributed by atoms with Crippen LogP contribution >= 0.6 is 0 Å². The van der Waals surface area contributed by atoms with E-state index in [1.807, 2.05) is 30.6 Å². The Hall–Kier alpha value is -1.85. The van der Waals surface area contributed by atoms with Crippen molar-refractivity contribution in [3.05, 3.63) is 42.4 Å². The molecule has 3 heterocycles. The minimum atomic E-state index is 0.295. The first-order valence-electron chi connectivity index (χ1n) is 7.13. The monoisotopic (exact) mass is 284 g/mol. The molecule has 0 aliphatic carbocycles. The average molecular weight is 284 g/mol. The van der Waals surface area contributed by atoms with Gasteiger partial charge in [-0.1, -0.05) is 13.0 Å². The minimum Gasteiger partial charge on any atom is -0.380 e. The van der Waals surface area contributed by atoms with Crippen molar-refractivity contribution in [3.8, 4) is 11.5 Å². The first-order valence-corrected chi connectivity index (χ1v) is 7.13. The standard InChI is InChI=1S/C16H20N4O/c1-16(11-21-12-16)10-20(2)9-13-7-18-15(19-8-13)14-5-3-4-6-17-14/h3-8H,9-12H2,1-2H3. The summed E-state index contributed by atoms with van der Waals surface area (Å²) in [4.78, 5) is 15.4. The maximum Gasteiger partial charge on any atom is 0.178 e. The van der Waals surface area contributed by atoms with Crippen LogP contribution in [0.5, 0.6) is 0 Å². The van der Waals surface area contributed by atoms with Crippen LogP contribution in [-0.4, -0.2) is 46.7 Å². The van der Waals surface area contributed by atoms with Gasteiger partial charge in [-0.15, -0.1) is 0 Å². The molecule has 0 bridgehead atoms. The zero-order valence-electron chi connectivity index (χ0n) is 12.5. The van der Waals surface area contributed by atoms with E-state index in [9.17, 15) is 0 Å². The lowest BCUT2D eigenvalue weighted by Gasteiger charge is -2.40.